The van der Waals surface area contributed by atoms with Gasteiger partial charge in [-0.1, -0.05) is 41.4 Å². The maximum atomic E-state index is 13.4. The first-order valence-electron chi connectivity index (χ1n) is 6.59. The Labute approximate surface area is 142 Å². The lowest BCUT2D eigenvalue weighted by molar-refractivity contribution is -0.124. The van der Waals surface area contributed by atoms with Gasteiger partial charge in [-0.3, -0.25) is 4.79 Å². The quantitative estimate of drug-likeness (QED) is 0.833. The first-order valence-corrected chi connectivity index (χ1v) is 7.35. The van der Waals surface area contributed by atoms with E-state index in [1.807, 2.05) is 0 Å². The number of hydrogen-bond acceptors (Lipinski definition) is 3. The second kappa shape index (κ2) is 7.94. The third-order valence-electron chi connectivity index (χ3n) is 2.92. The zero-order valence-corrected chi connectivity index (χ0v) is 13.3. The van der Waals surface area contributed by atoms with Crippen LogP contribution < -0.4 is 5.32 Å². The van der Waals surface area contributed by atoms with Gasteiger partial charge in [0, 0.05) is 17.1 Å². The molecule has 0 aliphatic carbocycles. The normalized spacial score (nSPS) is 10.2. The van der Waals surface area contributed by atoms with Crippen molar-refractivity contribution < 1.29 is 18.7 Å². The number of hydrogen-bond donors (Lipinski definition) is 1. The van der Waals surface area contributed by atoms with E-state index in [9.17, 15) is 14.0 Å². The van der Waals surface area contributed by atoms with E-state index in [-0.39, 0.29) is 17.1 Å². The van der Waals surface area contributed by atoms with Crippen LogP contribution in [0.3, 0.4) is 0 Å². The summed E-state index contributed by atoms with van der Waals surface area (Å²) in [5.74, 6) is -1.71. The van der Waals surface area contributed by atoms with Crippen LogP contribution in [-0.4, -0.2) is 18.5 Å². The summed E-state index contributed by atoms with van der Waals surface area (Å²) in [6.07, 6.45) is 0. The van der Waals surface area contributed by atoms with Crippen molar-refractivity contribution in [1.29, 1.82) is 0 Å². The van der Waals surface area contributed by atoms with Gasteiger partial charge in [-0.05, 0) is 24.3 Å². The van der Waals surface area contributed by atoms with Gasteiger partial charge in [0.25, 0.3) is 5.91 Å². The molecule has 0 aliphatic rings. The Morgan fingerprint density at radius 1 is 1.13 bits per heavy atom. The van der Waals surface area contributed by atoms with E-state index < -0.39 is 24.3 Å². The summed E-state index contributed by atoms with van der Waals surface area (Å²) in [5, 5.41) is 2.98. The minimum atomic E-state index is -0.743. The Hall–Kier alpha value is -2.11. The number of carbonyl (C=O) groups excluding carboxylic acids is 2. The molecule has 0 heterocycles. The summed E-state index contributed by atoms with van der Waals surface area (Å²) in [4.78, 5) is 23.5. The molecule has 7 heteroatoms. The van der Waals surface area contributed by atoms with Gasteiger partial charge in [0.05, 0.1) is 10.6 Å². The molecule has 0 radical (unpaired) electrons. The van der Waals surface area contributed by atoms with Crippen molar-refractivity contribution in [3.8, 4) is 0 Å². The van der Waals surface area contributed by atoms with Gasteiger partial charge >= 0.3 is 5.97 Å². The van der Waals surface area contributed by atoms with Gasteiger partial charge in [0.2, 0.25) is 0 Å². The first-order chi connectivity index (χ1) is 11.0. The standard InChI is InChI=1S/C16H12Cl2FNO3/c17-11-5-6-12(13(18)7-11)16(22)23-9-15(21)20-8-10-3-1-2-4-14(10)19/h1-7H,8-9H2,(H,20,21). The van der Waals surface area contributed by atoms with Crippen LogP contribution in [0.25, 0.3) is 0 Å². The highest BCUT2D eigenvalue weighted by Crippen LogP contribution is 2.21. The number of halogens is 3. The SMILES string of the molecule is O=C(COC(=O)c1ccc(Cl)cc1Cl)NCc1ccccc1F. The van der Waals surface area contributed by atoms with Gasteiger partial charge in [-0.2, -0.15) is 0 Å². The second-order valence-corrected chi connectivity index (χ2v) is 5.41. The molecule has 2 rings (SSSR count). The van der Waals surface area contributed by atoms with Crippen molar-refractivity contribution in [2.45, 2.75) is 6.54 Å². The molecule has 1 N–H and O–H groups in total. The zero-order valence-electron chi connectivity index (χ0n) is 11.8. The minimum absolute atomic E-state index is 0.00472. The van der Waals surface area contributed by atoms with E-state index in [0.29, 0.717) is 10.6 Å². The second-order valence-electron chi connectivity index (χ2n) is 4.57. The van der Waals surface area contributed by atoms with E-state index >= 15 is 0 Å². The number of ether oxygens (including phenoxy) is 1. The van der Waals surface area contributed by atoms with E-state index in [1.165, 1.54) is 24.3 Å². The van der Waals surface area contributed by atoms with Crippen molar-refractivity contribution in [3.63, 3.8) is 0 Å². The molecule has 0 fully saturated rings. The van der Waals surface area contributed by atoms with Crippen molar-refractivity contribution in [1.82, 2.24) is 5.32 Å². The largest absolute Gasteiger partial charge is 0.452 e. The monoisotopic (exact) mass is 355 g/mol. The molecule has 0 aromatic heterocycles. The van der Waals surface area contributed by atoms with Crippen molar-refractivity contribution >= 4 is 35.1 Å². The maximum Gasteiger partial charge on any atom is 0.340 e. The Kier molecular flexibility index (Phi) is 5.96. The fraction of sp³-hybridized carbons (Fsp3) is 0.125. The number of esters is 1. The predicted octanol–water partition coefficient (Wildman–Crippen LogP) is 3.61. The van der Waals surface area contributed by atoms with Crippen LogP contribution in [-0.2, 0) is 16.1 Å². The Balaban J connectivity index is 1.84. The van der Waals surface area contributed by atoms with Crippen LogP contribution in [0.4, 0.5) is 4.39 Å². The summed E-state index contributed by atoms with van der Waals surface area (Å²) in [7, 11) is 0. The zero-order chi connectivity index (χ0) is 16.8. The summed E-state index contributed by atoms with van der Waals surface area (Å²) in [6, 6.07) is 10.4. The number of carbonyl (C=O) groups is 2. The fourth-order valence-electron chi connectivity index (χ4n) is 1.75. The number of benzene rings is 2. The van der Waals surface area contributed by atoms with Gasteiger partial charge in [-0.15, -0.1) is 0 Å². The van der Waals surface area contributed by atoms with Gasteiger partial charge < -0.3 is 10.1 Å². The average Bonchev–Trinajstić information content (AvgIpc) is 2.52. The lowest BCUT2D eigenvalue weighted by atomic mass is 10.2. The number of rotatable bonds is 5. The number of nitrogens with one attached hydrogen (secondary N) is 1. The summed E-state index contributed by atoms with van der Waals surface area (Å²) in [5.41, 5.74) is 0.450. The van der Waals surface area contributed by atoms with Crippen LogP contribution in [0.5, 0.6) is 0 Å². The molecule has 2 aromatic rings. The molecule has 0 unspecified atom stereocenters. The molecule has 0 saturated carbocycles. The van der Waals surface area contributed by atoms with Gasteiger partial charge in [0.15, 0.2) is 6.61 Å². The number of amides is 1. The molecule has 23 heavy (non-hydrogen) atoms. The summed E-state index contributed by atoms with van der Waals surface area (Å²) < 4.78 is 18.2. The molecule has 0 atom stereocenters. The summed E-state index contributed by atoms with van der Waals surface area (Å²) in [6.45, 7) is -0.489. The molecule has 0 bridgehead atoms. The molecule has 0 spiro atoms. The van der Waals surface area contributed by atoms with E-state index in [0.717, 1.165) is 0 Å². The molecule has 1 amide bonds. The van der Waals surface area contributed by atoms with Crippen molar-refractivity contribution in [3.05, 3.63) is 69.5 Å². The minimum Gasteiger partial charge on any atom is -0.452 e. The molecule has 2 aromatic carbocycles. The molecular weight excluding hydrogens is 344 g/mol. The van der Waals surface area contributed by atoms with E-state index in [4.69, 9.17) is 27.9 Å². The Bertz CT molecular complexity index is 737. The molecular formula is C16H12Cl2FNO3. The van der Waals surface area contributed by atoms with Gasteiger partial charge in [-0.25, -0.2) is 9.18 Å². The smallest absolute Gasteiger partial charge is 0.340 e. The highest BCUT2D eigenvalue weighted by Gasteiger charge is 2.14. The Morgan fingerprint density at radius 3 is 2.57 bits per heavy atom. The molecule has 120 valence electrons. The highest BCUT2D eigenvalue weighted by molar-refractivity contribution is 6.36. The predicted molar refractivity (Wildman–Crippen MR) is 85.0 cm³/mol. The third-order valence-corrected chi connectivity index (χ3v) is 3.47. The lowest BCUT2D eigenvalue weighted by Crippen LogP contribution is -2.28. The molecule has 4 nitrogen and oxygen atoms in total. The average molecular weight is 356 g/mol. The van der Waals surface area contributed by atoms with E-state index in [2.05, 4.69) is 5.32 Å². The summed E-state index contributed by atoms with van der Waals surface area (Å²) >= 11 is 11.6. The first kappa shape index (κ1) is 17.2. The fourth-order valence-corrected chi connectivity index (χ4v) is 2.24. The van der Waals surface area contributed by atoms with Crippen molar-refractivity contribution in [2.24, 2.45) is 0 Å². The van der Waals surface area contributed by atoms with Crippen LogP contribution in [0.1, 0.15) is 15.9 Å². The maximum absolute atomic E-state index is 13.4. The van der Waals surface area contributed by atoms with Crippen molar-refractivity contribution in [2.75, 3.05) is 6.61 Å². The van der Waals surface area contributed by atoms with Crippen LogP contribution in [0.2, 0.25) is 10.0 Å². The van der Waals surface area contributed by atoms with Crippen LogP contribution in [0.15, 0.2) is 42.5 Å². The third kappa shape index (κ3) is 4.94. The topological polar surface area (TPSA) is 55.4 Å². The highest BCUT2D eigenvalue weighted by atomic mass is 35.5. The Morgan fingerprint density at radius 2 is 1.87 bits per heavy atom. The van der Waals surface area contributed by atoms with E-state index in [1.54, 1.807) is 18.2 Å². The van der Waals surface area contributed by atoms with Crippen LogP contribution in [0, 0.1) is 5.82 Å². The molecule has 0 saturated heterocycles. The lowest BCUT2D eigenvalue weighted by Gasteiger charge is -2.08. The van der Waals surface area contributed by atoms with Crippen LogP contribution >= 0.6 is 23.2 Å². The molecule has 0 aliphatic heterocycles. The van der Waals surface area contributed by atoms with Gasteiger partial charge in [0.1, 0.15) is 5.82 Å².